The van der Waals surface area contributed by atoms with Crippen LogP contribution in [0.4, 0.5) is 4.79 Å². The molecule has 2 aliphatic rings. The third-order valence-corrected chi connectivity index (χ3v) is 10.2. The molecule has 12 heteroatoms. The summed E-state index contributed by atoms with van der Waals surface area (Å²) in [6.45, 7) is 5.66. The number of hydrogen-bond donors (Lipinski definition) is 2. The topological polar surface area (TPSA) is 130 Å². The van der Waals surface area contributed by atoms with Crippen LogP contribution in [0.2, 0.25) is 10.0 Å². The molecule has 3 aromatic heterocycles. The molecule has 0 radical (unpaired) electrons. The fourth-order valence-electron chi connectivity index (χ4n) is 6.97. The highest BCUT2D eigenvalue weighted by molar-refractivity contribution is 6.39. The molecule has 0 aliphatic heterocycles. The first-order chi connectivity index (χ1) is 24.4. The molecule has 10 nitrogen and oxygen atoms in total. The van der Waals surface area contributed by atoms with Gasteiger partial charge in [0.05, 0.1) is 47.0 Å². The monoisotopic (exact) mass is 724 g/mol. The van der Waals surface area contributed by atoms with Gasteiger partial charge in [-0.05, 0) is 100 Å². The second kappa shape index (κ2) is 13.7. The number of halogens is 2. The zero-order valence-corrected chi connectivity index (χ0v) is 30.1. The SMILES string of the molecule is CC(C)(C)OC(=O)NCc1n[nH]c(=O)c2ccc(C3(C(=O)N(Cc4ccc(-c5c(Cl)cccc5Cl)cn4)C4CCCc5cccnc54)CC3)cc12. The average molecular weight is 726 g/mol. The van der Waals surface area contributed by atoms with Gasteiger partial charge in [-0.25, -0.2) is 9.89 Å². The van der Waals surface area contributed by atoms with E-state index in [1.54, 1.807) is 57.4 Å². The van der Waals surface area contributed by atoms with Crippen molar-refractivity contribution in [3.8, 4) is 11.1 Å². The van der Waals surface area contributed by atoms with Gasteiger partial charge in [-0.1, -0.05) is 47.5 Å². The summed E-state index contributed by atoms with van der Waals surface area (Å²) in [6.07, 6.45) is 6.84. The van der Waals surface area contributed by atoms with Crippen LogP contribution in [0.15, 0.2) is 77.9 Å². The zero-order chi connectivity index (χ0) is 35.9. The minimum Gasteiger partial charge on any atom is -0.444 e. The second-order valence-corrected chi connectivity index (χ2v) is 15.0. The third kappa shape index (κ3) is 7.07. The lowest BCUT2D eigenvalue weighted by Crippen LogP contribution is -2.43. The van der Waals surface area contributed by atoms with Gasteiger partial charge in [0, 0.05) is 39.0 Å². The van der Waals surface area contributed by atoms with Gasteiger partial charge in [0.1, 0.15) is 5.60 Å². The van der Waals surface area contributed by atoms with E-state index in [0.29, 0.717) is 44.9 Å². The number of amides is 2. The van der Waals surface area contributed by atoms with Gasteiger partial charge >= 0.3 is 6.09 Å². The van der Waals surface area contributed by atoms with Crippen molar-refractivity contribution < 1.29 is 14.3 Å². The Labute approximate surface area is 305 Å². The van der Waals surface area contributed by atoms with Gasteiger partial charge in [-0.2, -0.15) is 5.10 Å². The molecule has 2 N–H and O–H groups in total. The molecule has 1 atom stereocenters. The number of nitrogens with zero attached hydrogens (tertiary/aromatic N) is 4. The standard InChI is InChI=1S/C39H38Cl2N6O4/c1-38(2,3)51-37(50)44-21-31-28-19-25(13-15-27(28)35(48)46-45-31)39(16-17-39)36(49)47(32-11-4-7-23-8-6-18-42-34(23)32)22-26-14-12-24(20-43-26)33-29(40)9-5-10-30(33)41/h5-6,8-10,12-15,18-20,32H,4,7,11,16-17,21-22H2,1-3H3,(H,44,50)(H,46,48). The van der Waals surface area contributed by atoms with Crippen LogP contribution in [0.5, 0.6) is 0 Å². The predicted octanol–water partition coefficient (Wildman–Crippen LogP) is 7.85. The van der Waals surface area contributed by atoms with Crippen LogP contribution in [0, 0.1) is 0 Å². The van der Waals surface area contributed by atoms with Crippen molar-refractivity contribution in [3.63, 3.8) is 0 Å². The van der Waals surface area contributed by atoms with E-state index in [2.05, 4.69) is 21.6 Å². The van der Waals surface area contributed by atoms with Gasteiger partial charge < -0.3 is 15.0 Å². The minimum atomic E-state index is -0.802. The first kappa shape index (κ1) is 34.6. The van der Waals surface area contributed by atoms with E-state index in [1.165, 1.54) is 0 Å². The second-order valence-electron chi connectivity index (χ2n) is 14.2. The lowest BCUT2D eigenvalue weighted by Gasteiger charge is -2.37. The normalized spacial score (nSPS) is 16.3. The highest BCUT2D eigenvalue weighted by Crippen LogP contribution is 2.52. The number of carbonyl (C=O) groups excluding carboxylic acids is 2. The number of alkyl carbamates (subject to hydrolysis) is 1. The Hall–Kier alpha value is -4.80. The van der Waals surface area contributed by atoms with Crippen molar-refractivity contribution in [1.29, 1.82) is 0 Å². The number of pyridine rings is 2. The van der Waals surface area contributed by atoms with Crippen molar-refractivity contribution in [2.45, 2.75) is 83.0 Å². The maximum atomic E-state index is 15.0. The van der Waals surface area contributed by atoms with Crippen LogP contribution in [0.1, 0.15) is 80.7 Å². The summed E-state index contributed by atoms with van der Waals surface area (Å²) < 4.78 is 5.39. The Bertz CT molecular complexity index is 2170. The van der Waals surface area contributed by atoms with Crippen LogP contribution in [-0.2, 0) is 34.5 Å². The van der Waals surface area contributed by atoms with Crippen molar-refractivity contribution in [3.05, 3.63) is 122 Å². The summed E-state index contributed by atoms with van der Waals surface area (Å²) in [6, 6.07) is 18.5. The number of aromatic nitrogens is 4. The van der Waals surface area contributed by atoms with Crippen LogP contribution < -0.4 is 10.9 Å². The summed E-state index contributed by atoms with van der Waals surface area (Å²) in [5.41, 5.74) is 3.71. The molecule has 262 valence electrons. The Morgan fingerprint density at radius 2 is 1.80 bits per heavy atom. The third-order valence-electron chi connectivity index (χ3n) is 9.59. The molecule has 2 aliphatic carbocycles. The van der Waals surface area contributed by atoms with Crippen molar-refractivity contribution >= 4 is 46.0 Å². The van der Waals surface area contributed by atoms with E-state index < -0.39 is 17.1 Å². The van der Waals surface area contributed by atoms with E-state index in [9.17, 15) is 9.59 Å². The first-order valence-electron chi connectivity index (χ1n) is 17.1. The smallest absolute Gasteiger partial charge is 0.407 e. The van der Waals surface area contributed by atoms with Gasteiger partial charge in [-0.15, -0.1) is 0 Å². The molecule has 5 aromatic rings. The molecular weight excluding hydrogens is 687 g/mol. The molecule has 0 bridgehead atoms. The highest BCUT2D eigenvalue weighted by atomic mass is 35.5. The number of aromatic amines is 1. The molecule has 1 unspecified atom stereocenters. The van der Waals surface area contributed by atoms with Crippen molar-refractivity contribution in [2.24, 2.45) is 0 Å². The summed E-state index contributed by atoms with van der Waals surface area (Å²) in [5.74, 6) is -0.0170. The maximum absolute atomic E-state index is 15.0. The Morgan fingerprint density at radius 1 is 1.02 bits per heavy atom. The molecule has 2 amide bonds. The maximum Gasteiger partial charge on any atom is 0.407 e. The number of H-pyrrole nitrogens is 1. The molecule has 2 aromatic carbocycles. The Kier molecular flexibility index (Phi) is 9.32. The fraction of sp³-hybridized carbons (Fsp3) is 0.333. The largest absolute Gasteiger partial charge is 0.444 e. The molecule has 1 saturated carbocycles. The van der Waals surface area contributed by atoms with E-state index in [4.69, 9.17) is 37.9 Å². The van der Waals surface area contributed by atoms with Gasteiger partial charge in [-0.3, -0.25) is 19.6 Å². The fourth-order valence-corrected chi connectivity index (χ4v) is 7.59. The van der Waals surface area contributed by atoms with Crippen LogP contribution in [-0.4, -0.2) is 42.7 Å². The molecular formula is C39H38Cl2N6O4. The summed E-state index contributed by atoms with van der Waals surface area (Å²) >= 11 is 13.0. The number of hydrogen-bond acceptors (Lipinski definition) is 7. The number of fused-ring (bicyclic) bond motifs is 2. The summed E-state index contributed by atoms with van der Waals surface area (Å²) in [7, 11) is 0. The van der Waals surface area contributed by atoms with E-state index >= 15 is 4.79 Å². The number of ether oxygens (including phenoxy) is 1. The van der Waals surface area contributed by atoms with Crippen molar-refractivity contribution in [1.82, 2.24) is 30.4 Å². The Morgan fingerprint density at radius 3 is 2.51 bits per heavy atom. The van der Waals surface area contributed by atoms with E-state index in [1.807, 2.05) is 35.2 Å². The molecule has 0 saturated heterocycles. The average Bonchev–Trinajstić information content (AvgIpc) is 3.92. The number of carbonyl (C=O) groups is 2. The van der Waals surface area contributed by atoms with Crippen LogP contribution >= 0.6 is 23.2 Å². The Balaban J connectivity index is 1.23. The molecule has 0 spiro atoms. The number of nitrogens with one attached hydrogen (secondary N) is 2. The number of aryl methyl sites for hydroxylation is 1. The molecule has 51 heavy (non-hydrogen) atoms. The summed E-state index contributed by atoms with van der Waals surface area (Å²) in [4.78, 5) is 51.8. The summed E-state index contributed by atoms with van der Waals surface area (Å²) in [5, 5.41) is 11.6. The molecule has 1 fully saturated rings. The number of benzene rings is 2. The molecule has 7 rings (SSSR count). The van der Waals surface area contributed by atoms with Crippen molar-refractivity contribution in [2.75, 3.05) is 0 Å². The van der Waals surface area contributed by atoms with Crippen LogP contribution in [0.3, 0.4) is 0 Å². The quantitative estimate of drug-likeness (QED) is 0.167. The minimum absolute atomic E-state index is 0.0170. The van der Waals surface area contributed by atoms with E-state index in [0.717, 1.165) is 47.3 Å². The highest BCUT2D eigenvalue weighted by Gasteiger charge is 2.54. The van der Waals surface area contributed by atoms with E-state index in [-0.39, 0.29) is 30.6 Å². The van der Waals surface area contributed by atoms with Gasteiger partial charge in [0.15, 0.2) is 0 Å². The van der Waals surface area contributed by atoms with Crippen LogP contribution in [0.25, 0.3) is 21.9 Å². The number of rotatable bonds is 8. The van der Waals surface area contributed by atoms with Gasteiger partial charge in [0.25, 0.3) is 5.56 Å². The first-order valence-corrected chi connectivity index (χ1v) is 17.8. The predicted molar refractivity (Wildman–Crippen MR) is 197 cm³/mol. The molecule has 3 heterocycles. The lowest BCUT2D eigenvalue weighted by molar-refractivity contribution is -0.137. The zero-order valence-electron chi connectivity index (χ0n) is 28.6. The van der Waals surface area contributed by atoms with Gasteiger partial charge in [0.2, 0.25) is 5.91 Å². The lowest BCUT2D eigenvalue weighted by atomic mass is 9.87.